The Balaban J connectivity index is 1.83. The van der Waals surface area contributed by atoms with Crippen LogP contribution in [0.15, 0.2) is 6.07 Å². The van der Waals surface area contributed by atoms with Crippen LogP contribution in [0.5, 0.6) is 0 Å². The fourth-order valence-electron chi connectivity index (χ4n) is 3.25. The van der Waals surface area contributed by atoms with Gasteiger partial charge in [-0.2, -0.15) is 0 Å². The van der Waals surface area contributed by atoms with Gasteiger partial charge in [-0.1, -0.05) is 26.7 Å². The Morgan fingerprint density at radius 1 is 1.18 bits per heavy atom. The Morgan fingerprint density at radius 2 is 1.86 bits per heavy atom. The summed E-state index contributed by atoms with van der Waals surface area (Å²) < 4.78 is 0. The minimum absolute atomic E-state index is 0.0448. The zero-order valence-electron chi connectivity index (χ0n) is 13.6. The maximum atomic E-state index is 12.5. The van der Waals surface area contributed by atoms with Crippen molar-refractivity contribution in [3.05, 3.63) is 17.5 Å². The van der Waals surface area contributed by atoms with Gasteiger partial charge >= 0.3 is 0 Å². The highest BCUT2D eigenvalue weighted by atomic mass is 16.1. The summed E-state index contributed by atoms with van der Waals surface area (Å²) in [5.74, 6) is 0.972. The largest absolute Gasteiger partial charge is 0.348 e. The molecule has 0 bridgehead atoms. The number of carbonyl (C=O) groups is 1. The van der Waals surface area contributed by atoms with Gasteiger partial charge in [0, 0.05) is 24.8 Å². The van der Waals surface area contributed by atoms with E-state index in [0.717, 1.165) is 37.6 Å². The highest BCUT2D eigenvalue weighted by Crippen LogP contribution is 2.22. The number of carbonyl (C=O) groups excluding carboxylic acids is 1. The zero-order valence-corrected chi connectivity index (χ0v) is 13.6. The summed E-state index contributed by atoms with van der Waals surface area (Å²) >= 11 is 0. The van der Waals surface area contributed by atoms with E-state index in [1.807, 2.05) is 6.07 Å². The molecule has 0 atom stereocenters. The van der Waals surface area contributed by atoms with Crippen molar-refractivity contribution in [2.24, 2.45) is 0 Å². The van der Waals surface area contributed by atoms with Gasteiger partial charge in [-0.15, -0.1) is 0 Å². The van der Waals surface area contributed by atoms with Gasteiger partial charge in [-0.25, -0.2) is 9.97 Å². The van der Waals surface area contributed by atoms with E-state index in [0.29, 0.717) is 17.7 Å². The summed E-state index contributed by atoms with van der Waals surface area (Å²) in [4.78, 5) is 23.9. The Hall–Kier alpha value is -1.65. The third-order valence-electron chi connectivity index (χ3n) is 4.64. The van der Waals surface area contributed by atoms with Crippen LogP contribution in [-0.2, 0) is 0 Å². The first-order chi connectivity index (χ1) is 10.6. The zero-order chi connectivity index (χ0) is 15.5. The minimum Gasteiger partial charge on any atom is -0.348 e. The van der Waals surface area contributed by atoms with Gasteiger partial charge in [0.2, 0.25) is 5.95 Å². The number of aromatic nitrogens is 2. The van der Waals surface area contributed by atoms with Crippen molar-refractivity contribution in [2.75, 3.05) is 18.0 Å². The van der Waals surface area contributed by atoms with Crippen LogP contribution in [0.2, 0.25) is 0 Å². The summed E-state index contributed by atoms with van der Waals surface area (Å²) in [5.41, 5.74) is 1.47. The molecule has 5 nitrogen and oxygen atoms in total. The molecule has 0 radical (unpaired) electrons. The lowest BCUT2D eigenvalue weighted by molar-refractivity contribution is 0.0932. The van der Waals surface area contributed by atoms with Gasteiger partial charge in [0.05, 0.1) is 0 Å². The van der Waals surface area contributed by atoms with Crippen molar-refractivity contribution in [3.63, 3.8) is 0 Å². The molecule has 0 aromatic carbocycles. The predicted molar refractivity (Wildman–Crippen MR) is 87.3 cm³/mol. The van der Waals surface area contributed by atoms with Gasteiger partial charge in [0.1, 0.15) is 5.69 Å². The van der Waals surface area contributed by atoms with Crippen molar-refractivity contribution in [3.8, 4) is 0 Å². The van der Waals surface area contributed by atoms with Crippen molar-refractivity contribution in [2.45, 2.75) is 64.3 Å². The molecule has 0 unspecified atom stereocenters. The van der Waals surface area contributed by atoms with E-state index in [1.54, 1.807) is 0 Å². The van der Waals surface area contributed by atoms with E-state index in [9.17, 15) is 4.79 Å². The normalized spacial score (nSPS) is 19.1. The number of nitrogens with zero attached hydrogens (tertiary/aromatic N) is 3. The summed E-state index contributed by atoms with van der Waals surface area (Å²) in [5, 5.41) is 3.13. The Morgan fingerprint density at radius 3 is 2.50 bits per heavy atom. The number of hydrogen-bond donors (Lipinski definition) is 1. The molecule has 1 aromatic heterocycles. The molecule has 1 N–H and O–H groups in total. The van der Waals surface area contributed by atoms with Gasteiger partial charge in [-0.05, 0) is 37.7 Å². The van der Waals surface area contributed by atoms with Crippen molar-refractivity contribution in [1.82, 2.24) is 15.3 Å². The number of nitrogens with one attached hydrogen (secondary N) is 1. The van der Waals surface area contributed by atoms with E-state index in [2.05, 4.69) is 34.0 Å². The summed E-state index contributed by atoms with van der Waals surface area (Å²) in [6, 6.07) is 2.18. The number of anilines is 1. The first-order valence-electron chi connectivity index (χ1n) is 8.58. The van der Waals surface area contributed by atoms with E-state index in [-0.39, 0.29) is 5.91 Å². The van der Waals surface area contributed by atoms with Crippen LogP contribution in [0.25, 0.3) is 0 Å². The van der Waals surface area contributed by atoms with Gasteiger partial charge in [-0.3, -0.25) is 4.79 Å². The second-order valence-corrected chi connectivity index (χ2v) is 6.78. The topological polar surface area (TPSA) is 58.1 Å². The Labute approximate surface area is 132 Å². The Bertz CT molecular complexity index is 531. The molecule has 2 aliphatic rings. The highest BCUT2D eigenvalue weighted by molar-refractivity contribution is 5.92. The van der Waals surface area contributed by atoms with Gasteiger partial charge in [0.15, 0.2) is 0 Å². The van der Waals surface area contributed by atoms with Crippen LogP contribution < -0.4 is 10.2 Å². The SMILES string of the molecule is CC(C)c1cc(C(=O)NC2CCCC2)nc(N2CCCC2)n1. The molecular formula is C17H26N4O. The monoisotopic (exact) mass is 302 g/mol. The van der Waals surface area contributed by atoms with E-state index in [1.165, 1.54) is 25.7 Å². The van der Waals surface area contributed by atoms with Crippen molar-refractivity contribution in [1.29, 1.82) is 0 Å². The molecule has 120 valence electrons. The molecule has 1 aliphatic carbocycles. The third kappa shape index (κ3) is 3.39. The molecule has 1 aliphatic heterocycles. The maximum absolute atomic E-state index is 12.5. The summed E-state index contributed by atoms with van der Waals surface area (Å²) in [7, 11) is 0. The fourth-order valence-corrected chi connectivity index (χ4v) is 3.25. The second kappa shape index (κ2) is 6.63. The van der Waals surface area contributed by atoms with Crippen LogP contribution in [0.1, 0.15) is 74.5 Å². The quantitative estimate of drug-likeness (QED) is 0.929. The van der Waals surface area contributed by atoms with Crippen LogP contribution >= 0.6 is 0 Å². The smallest absolute Gasteiger partial charge is 0.270 e. The van der Waals surface area contributed by atoms with E-state index >= 15 is 0 Å². The first kappa shape index (κ1) is 15.3. The molecule has 2 heterocycles. The molecule has 0 spiro atoms. The average Bonchev–Trinajstić information content (AvgIpc) is 3.20. The van der Waals surface area contributed by atoms with Gasteiger partial charge in [0.25, 0.3) is 5.91 Å². The van der Waals surface area contributed by atoms with E-state index in [4.69, 9.17) is 0 Å². The second-order valence-electron chi connectivity index (χ2n) is 6.78. The minimum atomic E-state index is -0.0448. The average molecular weight is 302 g/mol. The van der Waals surface area contributed by atoms with Crippen molar-refractivity contribution < 1.29 is 4.79 Å². The van der Waals surface area contributed by atoms with Crippen LogP contribution in [0, 0.1) is 0 Å². The lowest BCUT2D eigenvalue weighted by atomic mass is 10.1. The molecule has 5 heteroatoms. The molecule has 22 heavy (non-hydrogen) atoms. The third-order valence-corrected chi connectivity index (χ3v) is 4.64. The van der Waals surface area contributed by atoms with Crippen LogP contribution in [0.4, 0.5) is 5.95 Å². The standard InChI is InChI=1S/C17H26N4O/c1-12(2)14-11-15(16(22)18-13-7-3-4-8-13)20-17(19-14)21-9-5-6-10-21/h11-13H,3-10H2,1-2H3,(H,18,22). The number of hydrogen-bond acceptors (Lipinski definition) is 4. The lowest BCUT2D eigenvalue weighted by Crippen LogP contribution is -2.34. The molecular weight excluding hydrogens is 276 g/mol. The molecule has 1 saturated heterocycles. The molecule has 1 saturated carbocycles. The van der Waals surface area contributed by atoms with Crippen LogP contribution in [-0.4, -0.2) is 35.0 Å². The Kier molecular flexibility index (Phi) is 4.60. The molecule has 1 aromatic rings. The van der Waals surface area contributed by atoms with Crippen molar-refractivity contribution >= 4 is 11.9 Å². The fraction of sp³-hybridized carbons (Fsp3) is 0.706. The summed E-state index contributed by atoms with van der Waals surface area (Å²) in [6.45, 7) is 6.19. The predicted octanol–water partition coefficient (Wildman–Crippen LogP) is 2.87. The lowest BCUT2D eigenvalue weighted by Gasteiger charge is -2.19. The first-order valence-corrected chi connectivity index (χ1v) is 8.58. The van der Waals surface area contributed by atoms with E-state index < -0.39 is 0 Å². The highest BCUT2D eigenvalue weighted by Gasteiger charge is 2.22. The number of amides is 1. The number of rotatable bonds is 4. The molecule has 1 amide bonds. The molecule has 3 rings (SSSR count). The summed E-state index contributed by atoms with van der Waals surface area (Å²) in [6.07, 6.45) is 6.97. The van der Waals surface area contributed by atoms with Crippen LogP contribution in [0.3, 0.4) is 0 Å². The van der Waals surface area contributed by atoms with Gasteiger partial charge < -0.3 is 10.2 Å². The molecule has 2 fully saturated rings. The maximum Gasteiger partial charge on any atom is 0.270 e.